The zero-order chi connectivity index (χ0) is 12.3. The molecule has 1 saturated carbocycles. The van der Waals surface area contributed by atoms with Gasteiger partial charge in [-0.05, 0) is 24.8 Å². The van der Waals surface area contributed by atoms with Gasteiger partial charge in [0.25, 0.3) is 0 Å². The van der Waals surface area contributed by atoms with Crippen LogP contribution in [0.1, 0.15) is 43.8 Å². The van der Waals surface area contributed by atoms with Crippen LogP contribution in [0, 0.1) is 5.92 Å². The molecular weight excluding hydrogens is 214 g/mol. The minimum absolute atomic E-state index is 0.0735. The van der Waals surface area contributed by atoms with Crippen LogP contribution in [0.4, 0.5) is 0 Å². The highest BCUT2D eigenvalue weighted by Gasteiger charge is 2.30. The zero-order valence-corrected chi connectivity index (χ0v) is 10.8. The summed E-state index contributed by atoms with van der Waals surface area (Å²) in [7, 11) is 3.71. The summed E-state index contributed by atoms with van der Waals surface area (Å²) in [4.78, 5) is 0. The lowest BCUT2D eigenvalue weighted by atomic mass is 9.82. The van der Waals surface area contributed by atoms with Crippen LogP contribution in [0.2, 0.25) is 0 Å². The Balaban J connectivity index is 2.09. The maximum atomic E-state index is 6.34. The summed E-state index contributed by atoms with van der Waals surface area (Å²) in [6, 6.07) is 1.91. The molecule has 0 aliphatic heterocycles. The molecule has 0 saturated heterocycles. The van der Waals surface area contributed by atoms with E-state index in [1.165, 1.54) is 32.1 Å². The lowest BCUT2D eigenvalue weighted by molar-refractivity contribution is 0.0155. The number of hydrogen-bond acceptors (Lipinski definition) is 3. The molecule has 1 heterocycles. The lowest BCUT2D eigenvalue weighted by Crippen LogP contribution is -2.36. The second-order valence-electron chi connectivity index (χ2n) is 5.00. The Bertz CT molecular complexity index is 344. The van der Waals surface area contributed by atoms with E-state index in [-0.39, 0.29) is 12.1 Å². The zero-order valence-electron chi connectivity index (χ0n) is 10.8. The van der Waals surface area contributed by atoms with Crippen LogP contribution in [0.3, 0.4) is 0 Å². The predicted molar refractivity (Wildman–Crippen MR) is 67.5 cm³/mol. The predicted octanol–water partition coefficient (Wildman–Crippen LogP) is 2.02. The van der Waals surface area contributed by atoms with Crippen LogP contribution < -0.4 is 5.73 Å². The van der Waals surface area contributed by atoms with E-state index in [2.05, 4.69) is 5.10 Å². The summed E-state index contributed by atoms with van der Waals surface area (Å²) in [5, 5.41) is 4.18. The fourth-order valence-corrected chi connectivity index (χ4v) is 2.97. The van der Waals surface area contributed by atoms with Crippen molar-refractivity contribution in [1.82, 2.24) is 9.78 Å². The summed E-state index contributed by atoms with van der Waals surface area (Å²) in [5.74, 6) is 0.596. The Labute approximate surface area is 103 Å². The molecule has 0 bridgehead atoms. The van der Waals surface area contributed by atoms with Gasteiger partial charge in [0.2, 0.25) is 0 Å². The standard InChI is InChI=1S/C13H23N3O/c1-16-11(8-9-15-16)12(14)13(17-2)10-6-4-3-5-7-10/h8-10,12-13H,3-7,14H2,1-2H3. The third-order valence-electron chi connectivity index (χ3n) is 3.94. The van der Waals surface area contributed by atoms with Gasteiger partial charge in [-0.1, -0.05) is 19.3 Å². The molecule has 2 rings (SSSR count). The minimum atomic E-state index is -0.0735. The molecule has 1 fully saturated rings. The molecule has 2 N–H and O–H groups in total. The maximum Gasteiger partial charge on any atom is 0.0807 e. The molecule has 96 valence electrons. The quantitative estimate of drug-likeness (QED) is 0.871. The van der Waals surface area contributed by atoms with Gasteiger partial charge in [0.1, 0.15) is 0 Å². The van der Waals surface area contributed by atoms with Crippen molar-refractivity contribution >= 4 is 0 Å². The first kappa shape index (κ1) is 12.6. The molecule has 0 aromatic carbocycles. The number of nitrogens with two attached hydrogens (primary N) is 1. The second-order valence-corrected chi connectivity index (χ2v) is 5.00. The number of rotatable bonds is 4. The van der Waals surface area contributed by atoms with E-state index in [0.29, 0.717) is 5.92 Å². The largest absolute Gasteiger partial charge is 0.379 e. The van der Waals surface area contributed by atoms with Gasteiger partial charge >= 0.3 is 0 Å². The summed E-state index contributed by atoms with van der Waals surface area (Å²) in [5.41, 5.74) is 7.40. The summed E-state index contributed by atoms with van der Waals surface area (Å²) in [6.45, 7) is 0. The molecule has 0 amide bonds. The molecule has 2 unspecified atom stereocenters. The smallest absolute Gasteiger partial charge is 0.0807 e. The average Bonchev–Trinajstić information content (AvgIpc) is 2.77. The van der Waals surface area contributed by atoms with E-state index in [9.17, 15) is 0 Å². The third kappa shape index (κ3) is 2.69. The van der Waals surface area contributed by atoms with Crippen molar-refractivity contribution in [2.75, 3.05) is 7.11 Å². The second kappa shape index (κ2) is 5.65. The first-order valence-corrected chi connectivity index (χ1v) is 6.50. The highest BCUT2D eigenvalue weighted by molar-refractivity contribution is 5.08. The van der Waals surface area contributed by atoms with E-state index in [4.69, 9.17) is 10.5 Å². The maximum absolute atomic E-state index is 6.34. The molecule has 1 aliphatic rings. The van der Waals surface area contributed by atoms with E-state index in [1.807, 2.05) is 17.8 Å². The molecule has 2 atom stereocenters. The highest BCUT2D eigenvalue weighted by Crippen LogP contribution is 2.32. The van der Waals surface area contributed by atoms with Gasteiger partial charge in [-0.25, -0.2) is 0 Å². The van der Waals surface area contributed by atoms with Crippen LogP contribution in [0.25, 0.3) is 0 Å². The Hall–Kier alpha value is -0.870. The van der Waals surface area contributed by atoms with Crippen molar-refractivity contribution in [3.63, 3.8) is 0 Å². The van der Waals surface area contributed by atoms with E-state index < -0.39 is 0 Å². The molecule has 1 aromatic rings. The van der Waals surface area contributed by atoms with Gasteiger partial charge < -0.3 is 10.5 Å². The number of methoxy groups -OCH3 is 1. The topological polar surface area (TPSA) is 53.1 Å². The fourth-order valence-electron chi connectivity index (χ4n) is 2.97. The van der Waals surface area contributed by atoms with Crippen molar-refractivity contribution in [1.29, 1.82) is 0 Å². The number of hydrogen-bond donors (Lipinski definition) is 1. The summed E-state index contributed by atoms with van der Waals surface area (Å²) >= 11 is 0. The fraction of sp³-hybridized carbons (Fsp3) is 0.769. The SMILES string of the molecule is COC(C1CCCCC1)C(N)c1ccnn1C. The molecule has 17 heavy (non-hydrogen) atoms. The molecule has 1 aliphatic carbocycles. The molecule has 0 radical (unpaired) electrons. The minimum Gasteiger partial charge on any atom is -0.379 e. The molecule has 4 heteroatoms. The van der Waals surface area contributed by atoms with Gasteiger partial charge in [0.15, 0.2) is 0 Å². The van der Waals surface area contributed by atoms with E-state index >= 15 is 0 Å². The van der Waals surface area contributed by atoms with Crippen LogP contribution in [-0.2, 0) is 11.8 Å². The van der Waals surface area contributed by atoms with Crippen LogP contribution in [0.15, 0.2) is 12.3 Å². The van der Waals surface area contributed by atoms with E-state index in [0.717, 1.165) is 5.69 Å². The Morgan fingerprint density at radius 1 is 1.41 bits per heavy atom. The molecule has 1 aromatic heterocycles. The van der Waals surface area contributed by atoms with Crippen LogP contribution in [-0.4, -0.2) is 23.0 Å². The van der Waals surface area contributed by atoms with Gasteiger partial charge in [0, 0.05) is 20.4 Å². The summed E-state index contributed by atoms with van der Waals surface area (Å²) in [6.07, 6.45) is 8.36. The number of aromatic nitrogens is 2. The Kier molecular flexibility index (Phi) is 4.18. The van der Waals surface area contributed by atoms with Crippen molar-refractivity contribution < 1.29 is 4.74 Å². The van der Waals surface area contributed by atoms with Crippen molar-refractivity contribution in [3.8, 4) is 0 Å². The molecule has 0 spiro atoms. The number of aryl methyl sites for hydroxylation is 1. The molecule has 4 nitrogen and oxygen atoms in total. The monoisotopic (exact) mass is 237 g/mol. The Morgan fingerprint density at radius 2 is 2.12 bits per heavy atom. The first-order chi connectivity index (χ1) is 8.24. The van der Waals surface area contributed by atoms with Gasteiger partial charge in [-0.2, -0.15) is 5.10 Å². The van der Waals surface area contributed by atoms with E-state index in [1.54, 1.807) is 13.3 Å². The summed E-state index contributed by atoms with van der Waals surface area (Å²) < 4.78 is 7.51. The first-order valence-electron chi connectivity index (χ1n) is 6.50. The number of ether oxygens (including phenoxy) is 1. The lowest BCUT2D eigenvalue weighted by Gasteiger charge is -2.33. The van der Waals surface area contributed by atoms with Gasteiger partial charge in [-0.3, -0.25) is 4.68 Å². The normalized spacial score (nSPS) is 21.4. The van der Waals surface area contributed by atoms with Gasteiger partial charge in [-0.15, -0.1) is 0 Å². The average molecular weight is 237 g/mol. The third-order valence-corrected chi connectivity index (χ3v) is 3.94. The van der Waals surface area contributed by atoms with Crippen molar-refractivity contribution in [2.24, 2.45) is 18.7 Å². The van der Waals surface area contributed by atoms with Gasteiger partial charge in [0.05, 0.1) is 17.8 Å². The highest BCUT2D eigenvalue weighted by atomic mass is 16.5. The Morgan fingerprint density at radius 3 is 2.65 bits per heavy atom. The van der Waals surface area contributed by atoms with Crippen LogP contribution in [0.5, 0.6) is 0 Å². The van der Waals surface area contributed by atoms with Crippen molar-refractivity contribution in [3.05, 3.63) is 18.0 Å². The molecular formula is C13H23N3O. The number of nitrogens with zero attached hydrogens (tertiary/aromatic N) is 2. The van der Waals surface area contributed by atoms with Crippen LogP contribution >= 0.6 is 0 Å². The van der Waals surface area contributed by atoms with Crippen molar-refractivity contribution in [2.45, 2.75) is 44.2 Å².